The van der Waals surface area contributed by atoms with E-state index in [1.807, 2.05) is 0 Å². The van der Waals surface area contributed by atoms with Crippen LogP contribution in [-0.2, 0) is 20.9 Å². The van der Waals surface area contributed by atoms with Crippen molar-refractivity contribution in [3.05, 3.63) is 44.9 Å². The third-order valence-electron chi connectivity index (χ3n) is 5.29. The normalized spacial score (nSPS) is 19.3. The van der Waals surface area contributed by atoms with Gasteiger partial charge in [0, 0.05) is 31.8 Å². The molecule has 206 valence electrons. The molecule has 4 N–H and O–H groups in total. The van der Waals surface area contributed by atoms with Crippen LogP contribution in [0.4, 0.5) is 9.93 Å². The molecule has 1 saturated heterocycles. The average molecular weight is 620 g/mol. The fourth-order valence-corrected chi connectivity index (χ4v) is 5.73. The van der Waals surface area contributed by atoms with Gasteiger partial charge in [-0.1, -0.05) is 39.3 Å². The molecular formula is C21H19ClN7NaO8S2. The number of allylic oxidation sites excluding steroid dienone is 1. The van der Waals surface area contributed by atoms with E-state index >= 15 is 0 Å². The zero-order valence-corrected chi connectivity index (χ0v) is 25.5. The first-order chi connectivity index (χ1) is 18.5. The van der Waals surface area contributed by atoms with Gasteiger partial charge in [0.15, 0.2) is 16.9 Å². The number of hydrogen-bond donors (Lipinski definition) is 3. The van der Waals surface area contributed by atoms with E-state index in [1.54, 1.807) is 0 Å². The number of nitrogens with zero attached hydrogens (tertiary/aromatic N) is 6. The predicted molar refractivity (Wildman–Crippen MR) is 138 cm³/mol. The summed E-state index contributed by atoms with van der Waals surface area (Å²) in [7, 11) is 3.07. The van der Waals surface area contributed by atoms with Gasteiger partial charge in [-0.15, -0.1) is 11.8 Å². The summed E-state index contributed by atoms with van der Waals surface area (Å²) in [5.74, 6) is -2.71. The van der Waals surface area contributed by atoms with Gasteiger partial charge in [0.2, 0.25) is 0 Å². The molecule has 2 aromatic heterocycles. The Bertz CT molecular complexity index is 1450. The second-order valence-electron chi connectivity index (χ2n) is 8.09. The van der Waals surface area contributed by atoms with Gasteiger partial charge < -0.3 is 35.3 Å². The summed E-state index contributed by atoms with van der Waals surface area (Å²) in [5.41, 5.74) is 5.16. The summed E-state index contributed by atoms with van der Waals surface area (Å²) >= 11 is 8.02. The number of halogens is 1. The van der Waals surface area contributed by atoms with E-state index < -0.39 is 41.0 Å². The summed E-state index contributed by atoms with van der Waals surface area (Å²) in [6.07, 6.45) is 2.38. The van der Waals surface area contributed by atoms with Gasteiger partial charge in [-0.2, -0.15) is 0 Å². The third kappa shape index (κ3) is 6.45. The quantitative estimate of drug-likeness (QED) is 0.0718. The standard InChI is InChI=1S/C21H20ClN7O8S2.Na/c1-28(2)21(34)36-6-9-5-10(37-27-9)4-3-8-7-38-18-13(17(31)29(18)14(8)19(32)33)24-16(30)12(26-35)11-15(22)39-20(23)25-11;/h3-5,13,18,35H,6-7H2,1-2H3,(H2,23,25)(H,24,30)(H,32,33);/q;+1/p-1/b4-3+,26-12-;/t13-,18-;/m1./s1. The number of thioether (sulfide) groups is 1. The molecule has 2 amide bonds. The number of rotatable bonds is 8. The van der Waals surface area contributed by atoms with Gasteiger partial charge in [0.1, 0.15) is 39.1 Å². The first-order valence-corrected chi connectivity index (χ1v) is 13.0. The monoisotopic (exact) mass is 619 g/mol. The second-order valence-corrected chi connectivity index (χ2v) is 10.8. The SMILES string of the molecule is CN(C)C(=O)OCc1cc(/C=C/C2=C(C(=O)O)N3C(=O)[C@@H](N=C([O-])/C(=N\O)c4nc(N)sc4Cl)[C@H]3SC2)on1.[Na+]. The number of nitrogen functional groups attached to an aromatic ring is 1. The molecule has 4 heterocycles. The zero-order valence-electron chi connectivity index (χ0n) is 21.1. The summed E-state index contributed by atoms with van der Waals surface area (Å²) in [6.45, 7) is -0.119. The number of carbonyl (C=O) groups excluding carboxylic acids is 2. The van der Waals surface area contributed by atoms with Crippen LogP contribution in [0.1, 0.15) is 17.1 Å². The Morgan fingerprint density at radius 3 is 2.75 bits per heavy atom. The minimum absolute atomic E-state index is 0. The van der Waals surface area contributed by atoms with E-state index in [0.717, 1.165) is 16.2 Å². The van der Waals surface area contributed by atoms with E-state index in [-0.39, 0.29) is 68.5 Å². The predicted octanol–water partition coefficient (Wildman–Crippen LogP) is -2.16. The fourth-order valence-electron chi connectivity index (χ4n) is 3.50. The molecular weight excluding hydrogens is 601 g/mol. The van der Waals surface area contributed by atoms with E-state index in [9.17, 15) is 29.8 Å². The van der Waals surface area contributed by atoms with Crippen molar-refractivity contribution in [2.45, 2.75) is 18.0 Å². The van der Waals surface area contributed by atoms with Crippen molar-refractivity contribution in [2.75, 3.05) is 25.6 Å². The molecule has 0 aromatic carbocycles. The number of aliphatic imine (C=N–C) groups is 1. The molecule has 1 fully saturated rings. The van der Waals surface area contributed by atoms with Crippen LogP contribution in [0.25, 0.3) is 6.08 Å². The zero-order chi connectivity index (χ0) is 28.4. The molecule has 0 saturated carbocycles. The fraction of sp³-hybridized carbons (Fsp3) is 0.286. The van der Waals surface area contributed by atoms with E-state index in [1.165, 1.54) is 49.0 Å². The molecule has 0 radical (unpaired) electrons. The number of β-lactam (4-membered cyclic amide) rings is 1. The molecule has 40 heavy (non-hydrogen) atoms. The minimum atomic E-state index is -1.35. The number of amides is 2. The maximum Gasteiger partial charge on any atom is 1.00 e. The first-order valence-electron chi connectivity index (χ1n) is 10.8. The van der Waals surface area contributed by atoms with Crippen LogP contribution in [0.3, 0.4) is 0 Å². The first kappa shape index (κ1) is 31.4. The molecule has 2 aliphatic rings. The Kier molecular flexibility index (Phi) is 10.3. The number of carboxylic acid groups (broad SMARTS) is 1. The van der Waals surface area contributed by atoms with Crippen LogP contribution in [0.2, 0.25) is 4.34 Å². The van der Waals surface area contributed by atoms with Crippen LogP contribution in [0.15, 0.2) is 38.1 Å². The van der Waals surface area contributed by atoms with Gasteiger partial charge in [-0.3, -0.25) is 14.7 Å². The molecule has 2 atom stereocenters. The van der Waals surface area contributed by atoms with Crippen LogP contribution in [0.5, 0.6) is 0 Å². The number of carboxylic acids is 1. The number of fused-ring (bicyclic) bond motifs is 1. The van der Waals surface area contributed by atoms with Crippen LogP contribution < -0.4 is 40.4 Å². The van der Waals surface area contributed by atoms with Crippen molar-refractivity contribution in [1.82, 2.24) is 19.9 Å². The number of oxime groups is 1. The average Bonchev–Trinajstić information content (AvgIpc) is 3.49. The number of hydrogen-bond acceptors (Lipinski definition) is 14. The van der Waals surface area contributed by atoms with Crippen molar-refractivity contribution in [3.8, 4) is 0 Å². The summed E-state index contributed by atoms with van der Waals surface area (Å²) in [6, 6.07) is 0.299. The van der Waals surface area contributed by atoms with Gasteiger partial charge in [-0.05, 0) is 11.6 Å². The molecule has 0 spiro atoms. The van der Waals surface area contributed by atoms with E-state index in [0.29, 0.717) is 11.3 Å². The molecule has 0 bridgehead atoms. The van der Waals surface area contributed by atoms with Crippen molar-refractivity contribution >= 4 is 75.5 Å². The molecule has 19 heteroatoms. The van der Waals surface area contributed by atoms with E-state index in [4.69, 9.17) is 26.6 Å². The number of aliphatic carboxylic acids is 1. The second kappa shape index (κ2) is 13.0. The minimum Gasteiger partial charge on any atom is -0.857 e. The number of aromatic nitrogens is 2. The Morgan fingerprint density at radius 2 is 2.15 bits per heavy atom. The van der Waals surface area contributed by atoms with Gasteiger partial charge in [0.05, 0.1) is 0 Å². The van der Waals surface area contributed by atoms with Crippen molar-refractivity contribution < 1.29 is 68.6 Å². The largest absolute Gasteiger partial charge is 1.00 e. The van der Waals surface area contributed by atoms with Crippen molar-refractivity contribution in [2.24, 2.45) is 10.1 Å². The number of carbonyl (C=O) groups is 3. The van der Waals surface area contributed by atoms with Crippen LogP contribution in [0, 0.1) is 0 Å². The maximum absolute atomic E-state index is 12.9. The van der Waals surface area contributed by atoms with Gasteiger partial charge >= 0.3 is 41.6 Å². The molecule has 2 aliphatic heterocycles. The Hall–Kier alpha value is -3.09. The summed E-state index contributed by atoms with van der Waals surface area (Å²) in [4.78, 5) is 46.4. The smallest absolute Gasteiger partial charge is 0.857 e. The van der Waals surface area contributed by atoms with Crippen LogP contribution >= 0.6 is 34.7 Å². The molecule has 0 unspecified atom stereocenters. The van der Waals surface area contributed by atoms with Crippen molar-refractivity contribution in [3.63, 3.8) is 0 Å². The Morgan fingerprint density at radius 1 is 1.43 bits per heavy atom. The Balaban J connectivity index is 0.00000441. The third-order valence-corrected chi connectivity index (χ3v) is 7.66. The molecule has 4 rings (SSSR count). The summed E-state index contributed by atoms with van der Waals surface area (Å²) < 4.78 is 10.2. The number of thiazole rings is 1. The van der Waals surface area contributed by atoms with Crippen molar-refractivity contribution in [1.29, 1.82) is 0 Å². The van der Waals surface area contributed by atoms with Gasteiger partial charge in [-0.25, -0.2) is 14.6 Å². The topological polar surface area (TPSA) is 220 Å². The molecule has 2 aromatic rings. The summed E-state index contributed by atoms with van der Waals surface area (Å²) in [5, 5.41) is 37.7. The van der Waals surface area contributed by atoms with Crippen LogP contribution in [-0.4, -0.2) is 91.1 Å². The molecule has 0 aliphatic carbocycles. The Labute approximate surface area is 261 Å². The molecule has 15 nitrogen and oxygen atoms in total. The number of anilines is 1. The number of ether oxygens (including phenoxy) is 1. The van der Waals surface area contributed by atoms with E-state index in [2.05, 4.69) is 20.3 Å². The van der Waals surface area contributed by atoms with Gasteiger partial charge in [0.25, 0.3) is 5.91 Å². The maximum atomic E-state index is 12.9. The number of nitrogens with two attached hydrogens (primary N) is 1.